The summed E-state index contributed by atoms with van der Waals surface area (Å²) < 4.78 is 11.1. The third-order valence-electron chi connectivity index (χ3n) is 4.00. The number of nitriles is 1. The van der Waals surface area contributed by atoms with E-state index >= 15 is 0 Å². The summed E-state index contributed by atoms with van der Waals surface area (Å²) in [5.41, 5.74) is 8.58. The second-order valence-corrected chi connectivity index (χ2v) is 5.88. The van der Waals surface area contributed by atoms with Gasteiger partial charge in [-0.25, -0.2) is 0 Å². The summed E-state index contributed by atoms with van der Waals surface area (Å²) in [4.78, 5) is 15.7. The molecular weight excluding hydrogens is 342 g/mol. The second-order valence-electron chi connectivity index (χ2n) is 5.88. The molecule has 0 radical (unpaired) electrons. The van der Waals surface area contributed by atoms with Crippen molar-refractivity contribution in [3.05, 3.63) is 71.4 Å². The minimum Gasteiger partial charge on any atom is -0.497 e. The Morgan fingerprint density at radius 3 is 2.52 bits per heavy atom. The highest BCUT2D eigenvalue weighted by molar-refractivity contribution is 5.94. The van der Waals surface area contributed by atoms with Crippen LogP contribution in [0.3, 0.4) is 0 Å². The van der Waals surface area contributed by atoms with Gasteiger partial charge in [0.15, 0.2) is 0 Å². The van der Waals surface area contributed by atoms with Crippen molar-refractivity contribution in [2.24, 2.45) is 5.73 Å². The summed E-state index contributed by atoms with van der Waals surface area (Å²) in [6, 6.07) is 15.9. The van der Waals surface area contributed by atoms with Gasteiger partial charge in [-0.1, -0.05) is 6.07 Å². The lowest BCUT2D eigenvalue weighted by atomic mass is 10.0. The van der Waals surface area contributed by atoms with Crippen molar-refractivity contribution in [2.45, 2.75) is 6.92 Å². The molecule has 0 saturated heterocycles. The molecule has 27 heavy (non-hydrogen) atoms. The van der Waals surface area contributed by atoms with Crippen LogP contribution in [0.4, 0.5) is 0 Å². The number of amides is 1. The number of hydrogen-bond acceptors (Lipinski definition) is 5. The minimum absolute atomic E-state index is 0.441. The lowest BCUT2D eigenvalue weighted by Gasteiger charge is -2.10. The number of nitrogens with zero attached hydrogens (tertiary/aromatic N) is 2. The first kappa shape index (κ1) is 18.0. The molecule has 6 nitrogen and oxygen atoms in total. The Balaban J connectivity index is 1.92. The average Bonchev–Trinajstić information content (AvgIpc) is 2.67. The van der Waals surface area contributed by atoms with Gasteiger partial charge >= 0.3 is 0 Å². The number of carbonyl (C=O) groups is 1. The zero-order valence-electron chi connectivity index (χ0n) is 14.9. The quantitative estimate of drug-likeness (QED) is 0.746. The van der Waals surface area contributed by atoms with E-state index in [-0.39, 0.29) is 0 Å². The molecule has 0 fully saturated rings. The first-order valence-electron chi connectivity index (χ1n) is 8.14. The molecule has 0 bridgehead atoms. The molecule has 6 heteroatoms. The van der Waals surface area contributed by atoms with Crippen LogP contribution in [0.2, 0.25) is 0 Å². The summed E-state index contributed by atoms with van der Waals surface area (Å²) in [5.74, 6) is 1.13. The Morgan fingerprint density at radius 2 is 1.85 bits per heavy atom. The first-order chi connectivity index (χ1) is 13.0. The number of hydrogen-bond donors (Lipinski definition) is 1. The Labute approximate surface area is 156 Å². The molecule has 0 spiro atoms. The third kappa shape index (κ3) is 4.05. The second kappa shape index (κ2) is 7.58. The fourth-order valence-electron chi connectivity index (χ4n) is 2.68. The van der Waals surface area contributed by atoms with Crippen molar-refractivity contribution in [1.82, 2.24) is 4.98 Å². The number of rotatable bonds is 5. The predicted molar refractivity (Wildman–Crippen MR) is 101 cm³/mol. The molecule has 134 valence electrons. The molecule has 3 rings (SSSR count). The van der Waals surface area contributed by atoms with E-state index in [0.29, 0.717) is 34.1 Å². The Hall–Kier alpha value is -3.85. The van der Waals surface area contributed by atoms with Gasteiger partial charge in [0.1, 0.15) is 17.2 Å². The van der Waals surface area contributed by atoms with E-state index in [1.807, 2.05) is 13.0 Å². The molecule has 0 aliphatic rings. The zero-order chi connectivity index (χ0) is 19.4. The monoisotopic (exact) mass is 359 g/mol. The van der Waals surface area contributed by atoms with E-state index in [0.717, 1.165) is 11.1 Å². The van der Waals surface area contributed by atoms with Crippen molar-refractivity contribution in [3.8, 4) is 34.6 Å². The first-order valence-corrected chi connectivity index (χ1v) is 8.14. The Morgan fingerprint density at radius 1 is 1.07 bits per heavy atom. The molecule has 2 N–H and O–H groups in total. The van der Waals surface area contributed by atoms with Gasteiger partial charge in [0.05, 0.1) is 24.4 Å². The smallest absolute Gasteiger partial charge is 0.248 e. The van der Waals surface area contributed by atoms with Crippen molar-refractivity contribution < 1.29 is 14.3 Å². The Kier molecular flexibility index (Phi) is 5.04. The zero-order valence-corrected chi connectivity index (χ0v) is 14.9. The van der Waals surface area contributed by atoms with E-state index in [1.54, 1.807) is 48.7 Å². The molecule has 0 aliphatic heterocycles. The molecule has 0 atom stereocenters. The van der Waals surface area contributed by atoms with Crippen molar-refractivity contribution >= 4 is 5.91 Å². The van der Waals surface area contributed by atoms with E-state index < -0.39 is 5.91 Å². The molecule has 0 aliphatic carbocycles. The lowest BCUT2D eigenvalue weighted by molar-refractivity contribution is 0.0999. The number of aromatic nitrogens is 1. The Bertz CT molecular complexity index is 1050. The van der Waals surface area contributed by atoms with Crippen LogP contribution < -0.4 is 15.2 Å². The van der Waals surface area contributed by atoms with Gasteiger partial charge in [-0.3, -0.25) is 9.78 Å². The highest BCUT2D eigenvalue weighted by Gasteiger charge is 2.09. The fourth-order valence-corrected chi connectivity index (χ4v) is 2.68. The molecular formula is C21H17N3O3. The molecule has 0 saturated carbocycles. The molecule has 0 unspecified atom stereocenters. The number of aryl methyl sites for hydroxylation is 1. The molecule has 2 aromatic carbocycles. The summed E-state index contributed by atoms with van der Waals surface area (Å²) in [6.07, 6.45) is 1.63. The predicted octanol–water partition coefficient (Wildman–Crippen LogP) is 3.83. The van der Waals surface area contributed by atoms with Crippen LogP contribution in [0.5, 0.6) is 17.2 Å². The SMILES string of the molecule is COc1cc(C#N)cc(Oc2ccnc(-c3ccc(C(N)=O)c(C)c3)c2)c1. The van der Waals surface area contributed by atoms with E-state index in [1.165, 1.54) is 7.11 Å². The van der Waals surface area contributed by atoms with E-state index in [2.05, 4.69) is 11.1 Å². The van der Waals surface area contributed by atoms with Crippen LogP contribution in [-0.2, 0) is 0 Å². The summed E-state index contributed by atoms with van der Waals surface area (Å²) in [6.45, 7) is 1.82. The topological polar surface area (TPSA) is 98.2 Å². The largest absolute Gasteiger partial charge is 0.497 e. The molecule has 1 aromatic heterocycles. The fraction of sp³-hybridized carbons (Fsp3) is 0.0952. The van der Waals surface area contributed by atoms with Crippen molar-refractivity contribution in [1.29, 1.82) is 5.26 Å². The summed E-state index contributed by atoms with van der Waals surface area (Å²) in [7, 11) is 1.53. The molecule has 1 amide bonds. The van der Waals surface area contributed by atoms with Crippen molar-refractivity contribution in [2.75, 3.05) is 7.11 Å². The highest BCUT2D eigenvalue weighted by atomic mass is 16.5. The maximum atomic E-state index is 11.4. The van der Waals surface area contributed by atoms with Crippen LogP contribution in [0.25, 0.3) is 11.3 Å². The van der Waals surface area contributed by atoms with Gasteiger partial charge in [0.2, 0.25) is 5.91 Å². The third-order valence-corrected chi connectivity index (χ3v) is 4.00. The van der Waals surface area contributed by atoms with Gasteiger partial charge in [-0.2, -0.15) is 5.26 Å². The number of ether oxygens (including phenoxy) is 2. The van der Waals surface area contributed by atoms with E-state index in [4.69, 9.17) is 20.5 Å². The number of pyridine rings is 1. The minimum atomic E-state index is -0.463. The number of methoxy groups -OCH3 is 1. The van der Waals surface area contributed by atoms with Gasteiger partial charge in [-0.15, -0.1) is 0 Å². The maximum absolute atomic E-state index is 11.4. The maximum Gasteiger partial charge on any atom is 0.248 e. The van der Waals surface area contributed by atoms with E-state index in [9.17, 15) is 4.79 Å². The van der Waals surface area contributed by atoms with Gasteiger partial charge < -0.3 is 15.2 Å². The average molecular weight is 359 g/mol. The van der Waals surface area contributed by atoms with Gasteiger partial charge in [0, 0.05) is 29.5 Å². The normalized spacial score (nSPS) is 10.1. The number of primary amides is 1. The van der Waals surface area contributed by atoms with Crippen molar-refractivity contribution in [3.63, 3.8) is 0 Å². The van der Waals surface area contributed by atoms with Crippen LogP contribution in [-0.4, -0.2) is 18.0 Å². The lowest BCUT2D eigenvalue weighted by Crippen LogP contribution is -2.12. The number of benzene rings is 2. The highest BCUT2D eigenvalue weighted by Crippen LogP contribution is 2.29. The van der Waals surface area contributed by atoms with Crippen LogP contribution >= 0.6 is 0 Å². The van der Waals surface area contributed by atoms with Gasteiger partial charge in [0.25, 0.3) is 0 Å². The van der Waals surface area contributed by atoms with Gasteiger partial charge in [-0.05, 0) is 42.8 Å². The van der Waals surface area contributed by atoms with Crippen LogP contribution in [0, 0.1) is 18.3 Å². The summed E-state index contributed by atoms with van der Waals surface area (Å²) in [5, 5.41) is 9.12. The van der Waals surface area contributed by atoms with Crippen LogP contribution in [0.15, 0.2) is 54.7 Å². The molecule has 1 heterocycles. The number of carbonyl (C=O) groups excluding carboxylic acids is 1. The van der Waals surface area contributed by atoms with Crippen LogP contribution in [0.1, 0.15) is 21.5 Å². The standard InChI is InChI=1S/C21H17N3O3/c1-13-7-15(3-4-19(13)21(23)25)20-11-16(5-6-24-20)27-18-9-14(12-22)8-17(10-18)26-2/h3-11H,1-2H3,(H2,23,25). The molecule has 3 aromatic rings. The number of nitrogens with two attached hydrogens (primary N) is 1. The summed E-state index contributed by atoms with van der Waals surface area (Å²) >= 11 is 0.